The molecule has 0 aliphatic heterocycles. The second-order valence-electron chi connectivity index (χ2n) is 5.00. The van der Waals surface area contributed by atoms with Crippen molar-refractivity contribution in [2.45, 2.75) is 45.1 Å². The molecule has 0 heterocycles. The van der Waals surface area contributed by atoms with Crippen LogP contribution >= 0.6 is 0 Å². The maximum Gasteiger partial charge on any atom is 0.196 e. The van der Waals surface area contributed by atoms with Gasteiger partial charge in [0.1, 0.15) is 5.82 Å². The van der Waals surface area contributed by atoms with E-state index in [1.54, 1.807) is 12.1 Å². The third-order valence-electron chi connectivity index (χ3n) is 3.62. The van der Waals surface area contributed by atoms with E-state index < -0.39 is 0 Å². The fraction of sp³-hybridized carbons (Fsp3) is 0.533. The summed E-state index contributed by atoms with van der Waals surface area (Å²) >= 11 is 0. The average molecular weight is 263 g/mol. The molecule has 3 nitrogen and oxygen atoms in total. The van der Waals surface area contributed by atoms with Crippen LogP contribution < -0.4 is 10.6 Å². The monoisotopic (exact) mass is 263 g/mol. The van der Waals surface area contributed by atoms with Crippen molar-refractivity contribution in [2.24, 2.45) is 10.7 Å². The summed E-state index contributed by atoms with van der Waals surface area (Å²) < 4.78 is 12.9. The van der Waals surface area contributed by atoms with Gasteiger partial charge in [0.15, 0.2) is 5.96 Å². The number of nitrogens with two attached hydrogens (primary N) is 1. The second kappa shape index (κ2) is 6.55. The van der Waals surface area contributed by atoms with Crippen molar-refractivity contribution >= 4 is 11.6 Å². The number of aliphatic imine (C=N–C) groups is 1. The van der Waals surface area contributed by atoms with Gasteiger partial charge in [0, 0.05) is 12.2 Å². The highest BCUT2D eigenvalue weighted by Crippen LogP contribution is 2.21. The van der Waals surface area contributed by atoms with E-state index in [1.165, 1.54) is 31.4 Å². The molecule has 4 heteroatoms. The molecule has 0 radical (unpaired) electrons. The van der Waals surface area contributed by atoms with Crippen molar-refractivity contribution in [1.29, 1.82) is 0 Å². The minimum absolute atomic E-state index is 0.234. The highest BCUT2D eigenvalue weighted by molar-refractivity contribution is 5.94. The molecule has 1 fully saturated rings. The smallest absolute Gasteiger partial charge is 0.196 e. The van der Waals surface area contributed by atoms with E-state index in [1.807, 2.05) is 11.8 Å². The lowest BCUT2D eigenvalue weighted by molar-refractivity contribution is 0.442. The summed E-state index contributed by atoms with van der Waals surface area (Å²) in [5, 5.41) is 0. The van der Waals surface area contributed by atoms with Gasteiger partial charge < -0.3 is 10.6 Å². The van der Waals surface area contributed by atoms with Crippen LogP contribution in [0.4, 0.5) is 10.1 Å². The fourth-order valence-electron chi connectivity index (χ4n) is 2.56. The van der Waals surface area contributed by atoms with Crippen molar-refractivity contribution in [2.75, 3.05) is 11.4 Å². The van der Waals surface area contributed by atoms with Crippen LogP contribution in [-0.4, -0.2) is 18.5 Å². The van der Waals surface area contributed by atoms with Gasteiger partial charge in [0.2, 0.25) is 0 Å². The summed E-state index contributed by atoms with van der Waals surface area (Å²) in [6.45, 7) is 2.75. The Labute approximate surface area is 114 Å². The SMILES string of the molecule is CCN(C(N)=NC1CCCCC1)c1ccc(F)cc1. The number of benzene rings is 1. The van der Waals surface area contributed by atoms with Gasteiger partial charge in [0.05, 0.1) is 6.04 Å². The number of anilines is 1. The zero-order valence-corrected chi connectivity index (χ0v) is 11.5. The third kappa shape index (κ3) is 3.69. The zero-order valence-electron chi connectivity index (χ0n) is 11.5. The molecule has 1 aliphatic rings. The Morgan fingerprint density at radius 3 is 2.47 bits per heavy atom. The molecule has 1 aliphatic carbocycles. The van der Waals surface area contributed by atoms with Crippen LogP contribution in [0.15, 0.2) is 29.3 Å². The maximum absolute atomic E-state index is 12.9. The summed E-state index contributed by atoms with van der Waals surface area (Å²) in [5.41, 5.74) is 7.00. The second-order valence-corrected chi connectivity index (χ2v) is 5.00. The Morgan fingerprint density at radius 1 is 1.26 bits per heavy atom. The first kappa shape index (κ1) is 13.8. The average Bonchev–Trinajstić information content (AvgIpc) is 2.43. The number of rotatable bonds is 3. The number of hydrogen-bond donors (Lipinski definition) is 1. The largest absolute Gasteiger partial charge is 0.370 e. The van der Waals surface area contributed by atoms with Crippen LogP contribution in [0.25, 0.3) is 0 Å². The molecule has 0 spiro atoms. The minimum atomic E-state index is -0.234. The lowest BCUT2D eigenvalue weighted by atomic mass is 9.96. The van der Waals surface area contributed by atoms with Crippen LogP contribution in [0.1, 0.15) is 39.0 Å². The van der Waals surface area contributed by atoms with Crippen LogP contribution in [0, 0.1) is 5.82 Å². The van der Waals surface area contributed by atoms with E-state index >= 15 is 0 Å². The maximum atomic E-state index is 12.9. The van der Waals surface area contributed by atoms with Crippen LogP contribution in [0.2, 0.25) is 0 Å². The first-order chi connectivity index (χ1) is 9.20. The van der Waals surface area contributed by atoms with Gasteiger partial charge >= 0.3 is 0 Å². The van der Waals surface area contributed by atoms with Gasteiger partial charge in [-0.1, -0.05) is 19.3 Å². The van der Waals surface area contributed by atoms with E-state index in [4.69, 9.17) is 5.73 Å². The van der Waals surface area contributed by atoms with Gasteiger partial charge in [-0.25, -0.2) is 9.38 Å². The molecule has 0 saturated heterocycles. The van der Waals surface area contributed by atoms with Gasteiger partial charge in [-0.3, -0.25) is 0 Å². The Hall–Kier alpha value is -1.58. The van der Waals surface area contributed by atoms with Crippen LogP contribution in [-0.2, 0) is 0 Å². The van der Waals surface area contributed by atoms with Crippen molar-refractivity contribution < 1.29 is 4.39 Å². The standard InChI is InChI=1S/C15H22FN3/c1-2-19(14-10-8-12(16)9-11-14)15(17)18-13-6-4-3-5-7-13/h8-11,13H,2-7H2,1H3,(H2,17,18). The Bertz CT molecular complexity index is 422. The fourth-order valence-corrected chi connectivity index (χ4v) is 2.56. The van der Waals surface area contributed by atoms with E-state index in [2.05, 4.69) is 4.99 Å². The van der Waals surface area contributed by atoms with Gasteiger partial charge in [0.25, 0.3) is 0 Å². The molecule has 0 amide bonds. The van der Waals surface area contributed by atoms with Crippen LogP contribution in [0.5, 0.6) is 0 Å². The lowest BCUT2D eigenvalue weighted by Gasteiger charge is -2.25. The summed E-state index contributed by atoms with van der Waals surface area (Å²) in [7, 11) is 0. The minimum Gasteiger partial charge on any atom is -0.370 e. The van der Waals surface area contributed by atoms with Crippen molar-refractivity contribution in [3.05, 3.63) is 30.1 Å². The molecule has 0 aromatic heterocycles. The molecule has 1 saturated carbocycles. The highest BCUT2D eigenvalue weighted by Gasteiger charge is 2.15. The Morgan fingerprint density at radius 2 is 1.89 bits per heavy atom. The number of guanidine groups is 1. The molecule has 104 valence electrons. The van der Waals surface area contributed by atoms with Gasteiger partial charge in [-0.2, -0.15) is 0 Å². The van der Waals surface area contributed by atoms with E-state index in [0.717, 1.165) is 25.1 Å². The van der Waals surface area contributed by atoms with Crippen molar-refractivity contribution in [3.8, 4) is 0 Å². The van der Waals surface area contributed by atoms with Gasteiger partial charge in [-0.15, -0.1) is 0 Å². The van der Waals surface area contributed by atoms with Crippen LogP contribution in [0.3, 0.4) is 0 Å². The first-order valence-electron chi connectivity index (χ1n) is 7.07. The topological polar surface area (TPSA) is 41.6 Å². The van der Waals surface area contributed by atoms with Crippen molar-refractivity contribution in [1.82, 2.24) is 0 Å². The third-order valence-corrected chi connectivity index (χ3v) is 3.62. The Balaban J connectivity index is 2.11. The molecule has 1 aromatic rings. The number of halogens is 1. The van der Waals surface area contributed by atoms with Crippen molar-refractivity contribution in [3.63, 3.8) is 0 Å². The summed E-state index contributed by atoms with van der Waals surface area (Å²) in [6, 6.07) is 6.73. The van der Waals surface area contributed by atoms with Gasteiger partial charge in [-0.05, 0) is 44.0 Å². The molecular weight excluding hydrogens is 241 g/mol. The van der Waals surface area contributed by atoms with E-state index in [0.29, 0.717) is 12.0 Å². The normalized spacial score (nSPS) is 17.5. The predicted molar refractivity (Wildman–Crippen MR) is 77.9 cm³/mol. The zero-order chi connectivity index (χ0) is 13.7. The first-order valence-corrected chi connectivity index (χ1v) is 7.07. The number of hydrogen-bond acceptors (Lipinski definition) is 1. The molecular formula is C15H22FN3. The van der Waals surface area contributed by atoms with E-state index in [-0.39, 0.29) is 5.82 Å². The molecule has 0 unspecified atom stereocenters. The molecule has 1 aromatic carbocycles. The van der Waals surface area contributed by atoms with E-state index in [9.17, 15) is 4.39 Å². The molecule has 0 bridgehead atoms. The molecule has 0 atom stereocenters. The highest BCUT2D eigenvalue weighted by atomic mass is 19.1. The summed E-state index contributed by atoms with van der Waals surface area (Å²) in [5.74, 6) is 0.309. The lowest BCUT2D eigenvalue weighted by Crippen LogP contribution is -2.38. The number of nitrogens with zero attached hydrogens (tertiary/aromatic N) is 2. The molecule has 2 rings (SSSR count). The summed E-state index contributed by atoms with van der Waals surface area (Å²) in [4.78, 5) is 6.56. The quantitative estimate of drug-likeness (QED) is 0.671. The Kier molecular flexibility index (Phi) is 4.77. The molecule has 19 heavy (non-hydrogen) atoms. The molecule has 2 N–H and O–H groups in total. The predicted octanol–water partition coefficient (Wildman–Crippen LogP) is 3.30. The summed E-state index contributed by atoms with van der Waals surface area (Å²) in [6.07, 6.45) is 6.04.